The molecule has 0 saturated carbocycles. The van der Waals surface area contributed by atoms with Gasteiger partial charge >= 0.3 is 11.9 Å². The van der Waals surface area contributed by atoms with Crippen LogP contribution in [0.5, 0.6) is 17.2 Å². The molecular formula is C34H46O6. The second kappa shape index (κ2) is 12.8. The first-order chi connectivity index (χ1) is 18.3. The largest absolute Gasteiger partial charge is 0.490 e. The number of carbonyl (C=O) groups is 3. The first kappa shape index (κ1) is 32.8. The Labute approximate surface area is 240 Å². The van der Waals surface area contributed by atoms with Gasteiger partial charge in [0.05, 0.1) is 16.9 Å². The molecule has 0 aliphatic rings. The molecule has 2 rings (SSSR count). The van der Waals surface area contributed by atoms with Crippen LogP contribution < -0.4 is 14.2 Å². The molecule has 0 heterocycles. The van der Waals surface area contributed by atoms with Gasteiger partial charge < -0.3 is 14.2 Å². The lowest BCUT2D eigenvalue weighted by Crippen LogP contribution is -2.27. The molecule has 0 amide bonds. The first-order valence-electron chi connectivity index (χ1n) is 14.0. The topological polar surface area (TPSA) is 78.9 Å². The number of hydrogen-bond acceptors (Lipinski definition) is 6. The lowest BCUT2D eigenvalue weighted by molar-refractivity contribution is -0.143. The highest BCUT2D eigenvalue weighted by Gasteiger charge is 2.30. The highest BCUT2D eigenvalue weighted by atomic mass is 16.5. The molecule has 0 aliphatic carbocycles. The Balaban J connectivity index is 2.55. The van der Waals surface area contributed by atoms with Crippen molar-refractivity contribution in [1.82, 2.24) is 0 Å². The van der Waals surface area contributed by atoms with Crippen molar-refractivity contribution in [3.05, 3.63) is 58.7 Å². The van der Waals surface area contributed by atoms with Crippen molar-refractivity contribution in [3.63, 3.8) is 0 Å². The van der Waals surface area contributed by atoms with Gasteiger partial charge in [-0.05, 0) is 115 Å². The third-order valence-corrected chi connectivity index (χ3v) is 6.06. The summed E-state index contributed by atoms with van der Waals surface area (Å²) in [5.74, 6) is 0.691. The summed E-state index contributed by atoms with van der Waals surface area (Å²) in [5, 5.41) is 0. The second-order valence-corrected chi connectivity index (χ2v) is 13.1. The van der Waals surface area contributed by atoms with Gasteiger partial charge in [0.25, 0.3) is 0 Å². The Kier molecular flexibility index (Phi) is 10.5. The number of allylic oxidation sites excluding steroid dienone is 1. The van der Waals surface area contributed by atoms with E-state index in [1.165, 1.54) is 6.08 Å². The molecule has 0 bridgehead atoms. The van der Waals surface area contributed by atoms with Crippen molar-refractivity contribution in [3.8, 4) is 17.2 Å². The molecule has 0 N–H and O–H groups in total. The lowest BCUT2D eigenvalue weighted by Gasteiger charge is -2.27. The molecule has 6 nitrogen and oxygen atoms in total. The molecule has 0 radical (unpaired) electrons. The van der Waals surface area contributed by atoms with Crippen LogP contribution in [0.4, 0.5) is 0 Å². The monoisotopic (exact) mass is 550 g/mol. The third-order valence-electron chi connectivity index (χ3n) is 6.06. The summed E-state index contributed by atoms with van der Waals surface area (Å²) >= 11 is 0. The zero-order valence-electron chi connectivity index (χ0n) is 26.2. The Morgan fingerprint density at radius 1 is 0.725 bits per heavy atom. The predicted molar refractivity (Wildman–Crippen MR) is 160 cm³/mol. The van der Waals surface area contributed by atoms with Gasteiger partial charge in [-0.2, -0.15) is 0 Å². The first-order valence-corrected chi connectivity index (χ1v) is 14.0. The molecule has 218 valence electrons. The van der Waals surface area contributed by atoms with Crippen LogP contribution in [-0.2, 0) is 9.59 Å². The van der Waals surface area contributed by atoms with E-state index in [1.807, 2.05) is 68.4 Å². The van der Waals surface area contributed by atoms with Crippen molar-refractivity contribution in [1.29, 1.82) is 0 Å². The van der Waals surface area contributed by atoms with E-state index in [4.69, 9.17) is 14.2 Å². The molecule has 0 spiro atoms. The highest BCUT2D eigenvalue weighted by molar-refractivity contribution is 6.07. The normalized spacial score (nSPS) is 12.4. The Hall–Kier alpha value is -3.41. The minimum Gasteiger partial charge on any atom is -0.490 e. The maximum absolute atomic E-state index is 13.1. The average Bonchev–Trinajstić information content (AvgIpc) is 2.81. The maximum Gasteiger partial charge on any atom is 0.316 e. The van der Waals surface area contributed by atoms with Crippen LogP contribution in [0.25, 0.3) is 6.08 Å². The van der Waals surface area contributed by atoms with Crippen LogP contribution in [0.15, 0.2) is 36.4 Å². The van der Waals surface area contributed by atoms with Gasteiger partial charge in [-0.15, -0.1) is 0 Å². The number of ether oxygens (including phenoxy) is 3. The van der Waals surface area contributed by atoms with E-state index in [9.17, 15) is 14.4 Å². The molecule has 0 fully saturated rings. The van der Waals surface area contributed by atoms with E-state index in [2.05, 4.69) is 0 Å². The fourth-order valence-corrected chi connectivity index (χ4v) is 3.73. The van der Waals surface area contributed by atoms with Crippen LogP contribution in [0.2, 0.25) is 0 Å². The fraction of sp³-hybridized carbons (Fsp3) is 0.500. The zero-order chi connectivity index (χ0) is 30.6. The smallest absolute Gasteiger partial charge is 0.316 e. The lowest BCUT2D eigenvalue weighted by atomic mass is 9.89. The number of benzene rings is 2. The van der Waals surface area contributed by atoms with E-state index in [1.54, 1.807) is 51.1 Å². The highest BCUT2D eigenvalue weighted by Crippen LogP contribution is 2.45. The SMILES string of the molecule is CC(C)Oc1c(/C=C/C(=O)c2ccc(OC(=O)C(C)(C)C)cc2)cc(C(C)C)c(OC(=O)C(C)(C)C)c1C(C)C. The van der Waals surface area contributed by atoms with Crippen molar-refractivity contribution >= 4 is 23.8 Å². The Morgan fingerprint density at radius 2 is 1.25 bits per heavy atom. The molecule has 0 aliphatic heterocycles. The van der Waals surface area contributed by atoms with E-state index in [-0.39, 0.29) is 35.7 Å². The van der Waals surface area contributed by atoms with Gasteiger partial charge in [0.1, 0.15) is 17.2 Å². The molecule has 0 saturated heterocycles. The molecule has 0 unspecified atom stereocenters. The van der Waals surface area contributed by atoms with Crippen LogP contribution in [0.3, 0.4) is 0 Å². The van der Waals surface area contributed by atoms with Gasteiger partial charge in [-0.3, -0.25) is 14.4 Å². The average molecular weight is 551 g/mol. The van der Waals surface area contributed by atoms with Gasteiger partial charge in [0.15, 0.2) is 5.78 Å². The number of ketones is 1. The zero-order valence-corrected chi connectivity index (χ0v) is 26.2. The summed E-state index contributed by atoms with van der Waals surface area (Å²) < 4.78 is 17.8. The van der Waals surface area contributed by atoms with Crippen LogP contribution in [-0.4, -0.2) is 23.8 Å². The van der Waals surface area contributed by atoms with Crippen LogP contribution in [0, 0.1) is 10.8 Å². The standard InChI is InChI=1S/C34H46O6/c1-20(2)26-19-24(15-18-27(35)23-13-16-25(17-14-23)39-31(36)33(7,8)9)29(38-22(5)6)28(21(3)4)30(26)40-32(37)34(10,11)12/h13-22H,1-12H3/b18-15+. The minimum absolute atomic E-state index is 0.0126. The predicted octanol–water partition coefficient (Wildman–Crippen LogP) is 8.52. The van der Waals surface area contributed by atoms with Gasteiger partial charge in [0.2, 0.25) is 0 Å². The van der Waals surface area contributed by atoms with Crippen molar-refractivity contribution < 1.29 is 28.6 Å². The van der Waals surface area contributed by atoms with Gasteiger partial charge in [-0.25, -0.2) is 0 Å². The Bertz CT molecular complexity index is 1250. The molecule has 0 aromatic heterocycles. The molecule has 40 heavy (non-hydrogen) atoms. The van der Waals surface area contributed by atoms with E-state index < -0.39 is 10.8 Å². The van der Waals surface area contributed by atoms with Crippen LogP contribution >= 0.6 is 0 Å². The number of esters is 2. The summed E-state index contributed by atoms with van der Waals surface area (Å²) in [6.45, 7) is 22.9. The molecule has 2 aromatic rings. The molecule has 6 heteroatoms. The minimum atomic E-state index is -0.673. The van der Waals surface area contributed by atoms with E-state index in [0.717, 1.165) is 16.7 Å². The fourth-order valence-electron chi connectivity index (χ4n) is 3.73. The number of hydrogen-bond donors (Lipinski definition) is 0. The van der Waals surface area contributed by atoms with E-state index in [0.29, 0.717) is 22.8 Å². The summed E-state index contributed by atoms with van der Waals surface area (Å²) in [5.41, 5.74) is 1.57. The van der Waals surface area contributed by atoms with E-state index >= 15 is 0 Å². The van der Waals surface area contributed by atoms with Crippen molar-refractivity contribution in [2.45, 2.75) is 101 Å². The molecule has 0 atom stereocenters. The van der Waals surface area contributed by atoms with Crippen molar-refractivity contribution in [2.75, 3.05) is 0 Å². The van der Waals surface area contributed by atoms with Gasteiger partial charge in [0, 0.05) is 16.7 Å². The molecule has 2 aromatic carbocycles. The summed E-state index contributed by atoms with van der Waals surface area (Å²) in [4.78, 5) is 38.2. The molecular weight excluding hydrogens is 504 g/mol. The summed E-state index contributed by atoms with van der Waals surface area (Å²) in [6, 6.07) is 8.45. The third kappa shape index (κ3) is 8.54. The van der Waals surface area contributed by atoms with Gasteiger partial charge in [-0.1, -0.05) is 27.7 Å². The number of carbonyl (C=O) groups excluding carboxylic acids is 3. The van der Waals surface area contributed by atoms with Crippen LogP contribution in [0.1, 0.15) is 122 Å². The number of rotatable bonds is 9. The Morgan fingerprint density at radius 3 is 1.70 bits per heavy atom. The second-order valence-electron chi connectivity index (χ2n) is 13.1. The maximum atomic E-state index is 13.1. The summed E-state index contributed by atoms with van der Waals surface area (Å²) in [7, 11) is 0. The van der Waals surface area contributed by atoms with Crippen molar-refractivity contribution in [2.24, 2.45) is 10.8 Å². The quantitative estimate of drug-likeness (QED) is 0.135. The summed E-state index contributed by atoms with van der Waals surface area (Å²) in [6.07, 6.45) is 3.12.